The summed E-state index contributed by atoms with van der Waals surface area (Å²) in [6.45, 7) is 7.96. The minimum absolute atomic E-state index is 0.210. The van der Waals surface area contributed by atoms with Gasteiger partial charge in [-0.3, -0.25) is 4.79 Å². The Balaban J connectivity index is 3.30. The average Bonchev–Trinajstić information content (AvgIpc) is 2.66. The van der Waals surface area contributed by atoms with Crippen molar-refractivity contribution in [2.24, 2.45) is 5.92 Å². The lowest BCUT2D eigenvalue weighted by molar-refractivity contribution is -0.147. The summed E-state index contributed by atoms with van der Waals surface area (Å²) in [6.07, 6.45) is 8.73. The first kappa shape index (κ1) is 23.2. The molecule has 0 aliphatic heterocycles. The Morgan fingerprint density at radius 1 is 1.04 bits per heavy atom. The van der Waals surface area contributed by atoms with Crippen LogP contribution in [0.25, 0.3) is 0 Å². The van der Waals surface area contributed by atoms with Gasteiger partial charge in [-0.05, 0) is 30.7 Å². The van der Waals surface area contributed by atoms with Crippen molar-refractivity contribution in [1.29, 1.82) is 5.26 Å². The molecule has 0 aliphatic carbocycles. The summed E-state index contributed by atoms with van der Waals surface area (Å²) in [5.74, 6) is 0.0164. The molecule has 1 aromatic rings. The van der Waals surface area contributed by atoms with Gasteiger partial charge in [0.2, 0.25) is 0 Å². The van der Waals surface area contributed by atoms with Crippen molar-refractivity contribution < 1.29 is 9.53 Å². The molecule has 3 unspecified atom stereocenters. The lowest BCUT2D eigenvalue weighted by Gasteiger charge is -2.38. The number of hydrogen-bond donors (Lipinski definition) is 0. The highest BCUT2D eigenvalue weighted by Crippen LogP contribution is 2.43. The highest BCUT2D eigenvalue weighted by Gasteiger charge is 2.42. The van der Waals surface area contributed by atoms with Gasteiger partial charge < -0.3 is 4.74 Å². The zero-order chi connectivity index (χ0) is 20.1. The topological polar surface area (TPSA) is 50.1 Å². The average molecular weight is 372 g/mol. The maximum atomic E-state index is 11.6. The van der Waals surface area contributed by atoms with E-state index in [1.54, 1.807) is 0 Å². The molecular weight excluding hydrogens is 334 g/mol. The molecule has 0 heterocycles. The summed E-state index contributed by atoms with van der Waals surface area (Å²) in [5.41, 5.74) is 0.455. The number of ether oxygens (including phenoxy) is 1. The summed E-state index contributed by atoms with van der Waals surface area (Å²) in [4.78, 5) is 11.6. The summed E-state index contributed by atoms with van der Waals surface area (Å²) < 4.78 is 5.63. The summed E-state index contributed by atoms with van der Waals surface area (Å²) >= 11 is 0. The minimum atomic E-state index is -0.611. The van der Waals surface area contributed by atoms with Gasteiger partial charge in [0.15, 0.2) is 0 Å². The molecule has 0 radical (unpaired) electrons. The molecule has 1 rings (SSSR count). The predicted octanol–water partition coefficient (Wildman–Crippen LogP) is 6.57. The fourth-order valence-corrected chi connectivity index (χ4v) is 4.20. The molecule has 3 heteroatoms. The minimum Gasteiger partial charge on any atom is -0.462 e. The summed E-state index contributed by atoms with van der Waals surface area (Å²) in [7, 11) is 0. The second kappa shape index (κ2) is 12.5. The van der Waals surface area contributed by atoms with E-state index in [0.29, 0.717) is 6.42 Å². The molecule has 27 heavy (non-hydrogen) atoms. The third-order valence-electron chi connectivity index (χ3n) is 5.47. The Kier molecular flexibility index (Phi) is 10.8. The third-order valence-corrected chi connectivity index (χ3v) is 5.47. The van der Waals surface area contributed by atoms with E-state index in [0.717, 1.165) is 44.1 Å². The van der Waals surface area contributed by atoms with Gasteiger partial charge in [0.1, 0.15) is 6.10 Å². The molecule has 1 aromatic carbocycles. The van der Waals surface area contributed by atoms with Gasteiger partial charge in [-0.15, -0.1) is 0 Å². The van der Waals surface area contributed by atoms with Crippen LogP contribution in [0.1, 0.15) is 91.0 Å². The van der Waals surface area contributed by atoms with Crippen molar-refractivity contribution in [1.82, 2.24) is 0 Å². The standard InChI is InChI=1S/C24H37NO2/c1-5-8-10-15-21(13-6-2)24(19-25,22-16-11-9-12-17-22)18-23(14-7-3)27-20(4)26/h9,11-12,16-17,21,23H,5-8,10,13-15,18H2,1-4H3. The number of unbranched alkanes of at least 4 members (excludes halogenated alkanes) is 2. The van der Waals surface area contributed by atoms with Crippen LogP contribution in [0.4, 0.5) is 0 Å². The summed E-state index contributed by atoms with van der Waals surface area (Å²) in [5, 5.41) is 10.4. The SMILES string of the molecule is CCCCCC(CCC)C(C#N)(CC(CCC)OC(C)=O)c1ccccc1. The monoisotopic (exact) mass is 371 g/mol. The predicted molar refractivity (Wildman–Crippen MR) is 111 cm³/mol. The zero-order valence-electron chi connectivity index (χ0n) is 17.7. The number of benzene rings is 1. The molecule has 0 bridgehead atoms. The van der Waals surface area contributed by atoms with Crippen molar-refractivity contribution in [2.45, 2.75) is 97.0 Å². The first-order valence-electron chi connectivity index (χ1n) is 10.7. The van der Waals surface area contributed by atoms with E-state index in [1.165, 1.54) is 19.8 Å². The fourth-order valence-electron chi connectivity index (χ4n) is 4.20. The van der Waals surface area contributed by atoms with E-state index in [4.69, 9.17) is 4.74 Å². The summed E-state index contributed by atoms with van der Waals surface area (Å²) in [6, 6.07) is 12.9. The molecule has 0 amide bonds. The second-order valence-electron chi connectivity index (χ2n) is 7.65. The van der Waals surface area contributed by atoms with Crippen LogP contribution < -0.4 is 0 Å². The molecule has 0 spiro atoms. The Morgan fingerprint density at radius 3 is 2.22 bits per heavy atom. The van der Waals surface area contributed by atoms with Crippen molar-refractivity contribution in [2.75, 3.05) is 0 Å². The molecule has 150 valence electrons. The Labute approximate surface area is 166 Å². The van der Waals surface area contributed by atoms with E-state index in [1.807, 2.05) is 18.2 Å². The van der Waals surface area contributed by atoms with E-state index in [-0.39, 0.29) is 18.0 Å². The van der Waals surface area contributed by atoms with Crippen LogP contribution in [-0.2, 0) is 14.9 Å². The quantitative estimate of drug-likeness (QED) is 0.291. The van der Waals surface area contributed by atoms with Crippen LogP contribution in [0.3, 0.4) is 0 Å². The molecule has 0 saturated carbocycles. The maximum Gasteiger partial charge on any atom is 0.302 e. The van der Waals surface area contributed by atoms with Gasteiger partial charge in [0.05, 0.1) is 11.5 Å². The lowest BCUT2D eigenvalue weighted by atomic mass is 9.64. The van der Waals surface area contributed by atoms with E-state index >= 15 is 0 Å². The van der Waals surface area contributed by atoms with Crippen LogP contribution in [0.2, 0.25) is 0 Å². The third kappa shape index (κ3) is 7.01. The smallest absolute Gasteiger partial charge is 0.302 e. The number of hydrogen-bond acceptors (Lipinski definition) is 3. The molecule has 0 aliphatic rings. The van der Waals surface area contributed by atoms with Crippen LogP contribution >= 0.6 is 0 Å². The second-order valence-corrected chi connectivity index (χ2v) is 7.65. The van der Waals surface area contributed by atoms with Crippen LogP contribution in [-0.4, -0.2) is 12.1 Å². The van der Waals surface area contributed by atoms with Crippen molar-refractivity contribution in [3.05, 3.63) is 35.9 Å². The largest absolute Gasteiger partial charge is 0.462 e. The first-order valence-corrected chi connectivity index (χ1v) is 10.7. The van der Waals surface area contributed by atoms with Gasteiger partial charge in [-0.2, -0.15) is 5.26 Å². The number of esters is 1. The Bertz CT molecular complexity index is 578. The lowest BCUT2D eigenvalue weighted by Crippen LogP contribution is -2.39. The Hall–Kier alpha value is -1.82. The van der Waals surface area contributed by atoms with Crippen LogP contribution in [0, 0.1) is 17.2 Å². The molecule has 0 N–H and O–H groups in total. The number of rotatable bonds is 13. The molecular formula is C24H37NO2. The molecule has 0 saturated heterocycles. The van der Waals surface area contributed by atoms with Crippen LogP contribution in [0.5, 0.6) is 0 Å². The molecule has 3 atom stereocenters. The molecule has 3 nitrogen and oxygen atoms in total. The van der Waals surface area contributed by atoms with Crippen molar-refractivity contribution in [3.8, 4) is 6.07 Å². The van der Waals surface area contributed by atoms with Gasteiger partial charge in [-0.25, -0.2) is 0 Å². The van der Waals surface area contributed by atoms with Crippen molar-refractivity contribution in [3.63, 3.8) is 0 Å². The fraction of sp³-hybridized carbons (Fsp3) is 0.667. The maximum absolute atomic E-state index is 11.6. The number of carbonyl (C=O) groups is 1. The molecule has 0 fully saturated rings. The molecule has 0 aromatic heterocycles. The Morgan fingerprint density at radius 2 is 1.70 bits per heavy atom. The highest BCUT2D eigenvalue weighted by molar-refractivity contribution is 5.66. The van der Waals surface area contributed by atoms with Gasteiger partial charge in [0.25, 0.3) is 0 Å². The van der Waals surface area contributed by atoms with Gasteiger partial charge in [-0.1, -0.05) is 83.2 Å². The number of nitrogens with zero attached hydrogens (tertiary/aromatic N) is 1. The first-order chi connectivity index (χ1) is 13.0. The highest BCUT2D eigenvalue weighted by atomic mass is 16.5. The van der Waals surface area contributed by atoms with Gasteiger partial charge in [0, 0.05) is 13.3 Å². The van der Waals surface area contributed by atoms with Crippen molar-refractivity contribution >= 4 is 5.97 Å². The van der Waals surface area contributed by atoms with E-state index in [9.17, 15) is 10.1 Å². The zero-order valence-corrected chi connectivity index (χ0v) is 17.7. The number of carbonyl (C=O) groups excluding carboxylic acids is 1. The normalized spacial score (nSPS) is 15.4. The van der Waals surface area contributed by atoms with Gasteiger partial charge >= 0.3 is 5.97 Å². The van der Waals surface area contributed by atoms with E-state index in [2.05, 4.69) is 39.0 Å². The van der Waals surface area contributed by atoms with E-state index < -0.39 is 5.41 Å². The number of nitriles is 1. The van der Waals surface area contributed by atoms with Crippen LogP contribution in [0.15, 0.2) is 30.3 Å².